The molecule has 12 heavy (non-hydrogen) atoms. The fourth-order valence-electron chi connectivity index (χ4n) is 1.18. The topological polar surface area (TPSA) is 14.1 Å². The number of likely N-dealkylation sites (N-methyl/N-ethyl adjacent to an activating group) is 1. The fourth-order valence-corrected chi connectivity index (χ4v) is 1.18. The van der Waals surface area contributed by atoms with Crippen molar-refractivity contribution in [1.82, 2.24) is 0 Å². The lowest BCUT2D eigenvalue weighted by Crippen LogP contribution is -1.90. The third-order valence-electron chi connectivity index (χ3n) is 2.06. The largest absolute Gasteiger partial charge is 0.665 e. The molecule has 1 heteroatoms. The number of aryl methyl sites for hydroxylation is 1. The van der Waals surface area contributed by atoms with Crippen LogP contribution in [0, 0.1) is 0 Å². The second-order valence-electron chi connectivity index (χ2n) is 2.96. The molecule has 0 bridgehead atoms. The van der Waals surface area contributed by atoms with Crippen molar-refractivity contribution in [2.45, 2.75) is 19.8 Å². The third kappa shape index (κ3) is 2.67. The van der Waals surface area contributed by atoms with Crippen LogP contribution in [-0.4, -0.2) is 13.6 Å². The van der Waals surface area contributed by atoms with E-state index < -0.39 is 0 Å². The molecular formula is C11H16N-. The molecule has 0 saturated heterocycles. The number of rotatable bonds is 4. The smallest absolute Gasteiger partial charge is 0.0307 e. The van der Waals surface area contributed by atoms with E-state index in [0.717, 1.165) is 19.4 Å². The lowest BCUT2D eigenvalue weighted by molar-refractivity contribution is 1.03. The van der Waals surface area contributed by atoms with Gasteiger partial charge in [0.1, 0.15) is 0 Å². The molecule has 1 aromatic rings. The van der Waals surface area contributed by atoms with Gasteiger partial charge in [-0.1, -0.05) is 31.2 Å². The molecule has 0 aromatic heterocycles. The first-order valence-corrected chi connectivity index (χ1v) is 4.50. The molecule has 0 aliphatic heterocycles. The van der Waals surface area contributed by atoms with Crippen molar-refractivity contribution in [3.8, 4) is 0 Å². The zero-order valence-corrected chi connectivity index (χ0v) is 7.88. The maximum Gasteiger partial charge on any atom is -0.0307 e. The average Bonchev–Trinajstić information content (AvgIpc) is 2.15. The van der Waals surface area contributed by atoms with Gasteiger partial charge >= 0.3 is 0 Å². The summed E-state index contributed by atoms with van der Waals surface area (Å²) in [5.41, 5.74) is 2.80. The Morgan fingerprint density at radius 1 is 1.08 bits per heavy atom. The van der Waals surface area contributed by atoms with E-state index in [1.165, 1.54) is 11.1 Å². The van der Waals surface area contributed by atoms with Crippen LogP contribution in [0.3, 0.4) is 0 Å². The van der Waals surface area contributed by atoms with Gasteiger partial charge in [-0.05, 0) is 24.0 Å². The fraction of sp³-hybridized carbons (Fsp3) is 0.455. The highest BCUT2D eigenvalue weighted by Gasteiger charge is 1.89. The lowest BCUT2D eigenvalue weighted by atomic mass is 10.1. The van der Waals surface area contributed by atoms with E-state index in [-0.39, 0.29) is 0 Å². The maximum absolute atomic E-state index is 4.07. The van der Waals surface area contributed by atoms with E-state index in [9.17, 15) is 0 Å². The molecule has 0 radical (unpaired) electrons. The summed E-state index contributed by atoms with van der Waals surface area (Å²) in [5.74, 6) is 0. The minimum atomic E-state index is 0.936. The first-order chi connectivity index (χ1) is 5.86. The summed E-state index contributed by atoms with van der Waals surface area (Å²) < 4.78 is 0. The van der Waals surface area contributed by atoms with Gasteiger partial charge in [-0.15, -0.1) is 6.54 Å². The molecule has 0 aliphatic carbocycles. The van der Waals surface area contributed by atoms with Gasteiger partial charge in [0.15, 0.2) is 0 Å². The van der Waals surface area contributed by atoms with Gasteiger partial charge in [0, 0.05) is 0 Å². The molecule has 0 fully saturated rings. The molecule has 1 aromatic carbocycles. The summed E-state index contributed by atoms with van der Waals surface area (Å²) in [4.78, 5) is 0. The zero-order chi connectivity index (χ0) is 8.81. The van der Waals surface area contributed by atoms with Crippen LogP contribution in [0.4, 0.5) is 0 Å². The lowest BCUT2D eigenvalue weighted by Gasteiger charge is -2.10. The molecule has 1 nitrogen and oxygen atoms in total. The molecule has 0 heterocycles. The Hall–Kier alpha value is -0.820. The van der Waals surface area contributed by atoms with E-state index >= 15 is 0 Å². The second kappa shape index (κ2) is 4.94. The first kappa shape index (κ1) is 9.27. The maximum atomic E-state index is 4.07. The molecule has 0 atom stereocenters. The van der Waals surface area contributed by atoms with Crippen molar-refractivity contribution in [3.05, 3.63) is 40.7 Å². The molecule has 0 unspecified atom stereocenters. The molecule has 0 amide bonds. The van der Waals surface area contributed by atoms with Crippen LogP contribution in [0.2, 0.25) is 0 Å². The second-order valence-corrected chi connectivity index (χ2v) is 2.96. The van der Waals surface area contributed by atoms with Gasteiger partial charge in [0.25, 0.3) is 0 Å². The number of hydrogen-bond acceptors (Lipinski definition) is 0. The van der Waals surface area contributed by atoms with Crippen molar-refractivity contribution in [2.24, 2.45) is 0 Å². The van der Waals surface area contributed by atoms with Gasteiger partial charge in [-0.25, -0.2) is 0 Å². The van der Waals surface area contributed by atoms with Gasteiger partial charge in [-0.3, -0.25) is 0 Å². The summed E-state index contributed by atoms with van der Waals surface area (Å²) in [6.07, 6.45) is 2.19. The summed E-state index contributed by atoms with van der Waals surface area (Å²) in [7, 11) is 1.86. The Morgan fingerprint density at radius 2 is 1.67 bits per heavy atom. The number of benzene rings is 1. The van der Waals surface area contributed by atoms with Crippen LogP contribution in [0.5, 0.6) is 0 Å². The van der Waals surface area contributed by atoms with Gasteiger partial charge in [-0.2, -0.15) is 7.05 Å². The van der Waals surface area contributed by atoms with E-state index in [1.54, 1.807) is 0 Å². The van der Waals surface area contributed by atoms with Crippen molar-refractivity contribution in [3.63, 3.8) is 0 Å². The molecule has 0 saturated carbocycles. The Kier molecular flexibility index (Phi) is 3.81. The van der Waals surface area contributed by atoms with Crippen LogP contribution in [0.15, 0.2) is 24.3 Å². The SMILES string of the molecule is CCc1ccc(CC[N-]C)cc1. The Morgan fingerprint density at radius 3 is 2.17 bits per heavy atom. The van der Waals surface area contributed by atoms with Crippen molar-refractivity contribution in [1.29, 1.82) is 0 Å². The zero-order valence-electron chi connectivity index (χ0n) is 7.88. The van der Waals surface area contributed by atoms with Crippen molar-refractivity contribution < 1.29 is 0 Å². The highest BCUT2D eigenvalue weighted by atomic mass is 14.8. The molecule has 0 aliphatic rings. The standard InChI is InChI=1S/C11H16N/c1-3-10-4-6-11(7-5-10)8-9-12-2/h4-7H,3,8-9H2,1-2H3/q-1. The predicted octanol–water partition coefficient (Wildman–Crippen LogP) is 2.80. The number of hydrogen-bond donors (Lipinski definition) is 0. The summed E-state index contributed by atoms with van der Waals surface area (Å²) in [6, 6.07) is 8.80. The van der Waals surface area contributed by atoms with Crippen LogP contribution in [-0.2, 0) is 12.8 Å². The van der Waals surface area contributed by atoms with E-state index in [1.807, 2.05) is 7.05 Å². The molecule has 0 spiro atoms. The molecule has 1 rings (SSSR count). The van der Waals surface area contributed by atoms with E-state index in [2.05, 4.69) is 36.5 Å². The summed E-state index contributed by atoms with van der Waals surface area (Å²) in [6.45, 7) is 3.11. The molecular weight excluding hydrogens is 146 g/mol. The number of nitrogens with zero attached hydrogens (tertiary/aromatic N) is 1. The normalized spacial score (nSPS) is 10.2. The quantitative estimate of drug-likeness (QED) is 0.646. The average molecular weight is 162 g/mol. The van der Waals surface area contributed by atoms with Crippen molar-refractivity contribution >= 4 is 0 Å². The van der Waals surface area contributed by atoms with Crippen LogP contribution in [0.1, 0.15) is 18.1 Å². The van der Waals surface area contributed by atoms with Crippen LogP contribution >= 0.6 is 0 Å². The highest BCUT2D eigenvalue weighted by molar-refractivity contribution is 5.22. The first-order valence-electron chi connectivity index (χ1n) is 4.50. The Labute approximate surface area is 74.8 Å². The molecule has 0 N–H and O–H groups in total. The molecule has 66 valence electrons. The third-order valence-corrected chi connectivity index (χ3v) is 2.06. The minimum absolute atomic E-state index is 0.936. The van der Waals surface area contributed by atoms with Crippen LogP contribution in [0.25, 0.3) is 5.32 Å². The van der Waals surface area contributed by atoms with Gasteiger partial charge in [0.2, 0.25) is 0 Å². The highest BCUT2D eigenvalue weighted by Crippen LogP contribution is 2.05. The van der Waals surface area contributed by atoms with Gasteiger partial charge in [0.05, 0.1) is 0 Å². The van der Waals surface area contributed by atoms with E-state index in [0.29, 0.717) is 0 Å². The summed E-state index contributed by atoms with van der Waals surface area (Å²) in [5, 5.41) is 4.07. The van der Waals surface area contributed by atoms with E-state index in [4.69, 9.17) is 0 Å². The monoisotopic (exact) mass is 162 g/mol. The van der Waals surface area contributed by atoms with Gasteiger partial charge < -0.3 is 5.32 Å². The van der Waals surface area contributed by atoms with Crippen LogP contribution < -0.4 is 0 Å². The Bertz CT molecular complexity index is 213. The summed E-state index contributed by atoms with van der Waals surface area (Å²) >= 11 is 0. The Balaban J connectivity index is 2.53. The van der Waals surface area contributed by atoms with Crippen molar-refractivity contribution in [2.75, 3.05) is 13.6 Å². The minimum Gasteiger partial charge on any atom is -0.665 e. The predicted molar refractivity (Wildman–Crippen MR) is 53.7 cm³/mol.